The van der Waals surface area contributed by atoms with E-state index in [-0.39, 0.29) is 22.9 Å². The van der Waals surface area contributed by atoms with Crippen molar-refractivity contribution in [2.24, 2.45) is 5.92 Å². The van der Waals surface area contributed by atoms with E-state index >= 15 is 0 Å². The standard InChI is InChI=1S/C16H21NO/c1-6-13-14(18)17(15(2,3)4)16(13,5)12-10-8-7-9-11-12/h6-11,13H,1H2,2-5H3/t13-,16-/m1/s1. The lowest BCUT2D eigenvalue weighted by Crippen LogP contribution is -2.71. The fraction of sp³-hybridized carbons (Fsp3) is 0.438. The largest absolute Gasteiger partial charge is 0.327 e. The molecule has 2 rings (SSSR count). The van der Waals surface area contributed by atoms with Gasteiger partial charge in [-0.3, -0.25) is 4.79 Å². The highest BCUT2D eigenvalue weighted by atomic mass is 16.2. The van der Waals surface area contributed by atoms with Crippen molar-refractivity contribution in [3.05, 3.63) is 48.6 Å². The Balaban J connectivity index is 2.51. The number of hydrogen-bond donors (Lipinski definition) is 0. The van der Waals surface area contributed by atoms with Crippen molar-refractivity contribution in [3.8, 4) is 0 Å². The molecule has 1 aliphatic rings. The predicted octanol–water partition coefficient (Wildman–Crippen LogP) is 3.34. The summed E-state index contributed by atoms with van der Waals surface area (Å²) >= 11 is 0. The molecular formula is C16H21NO. The zero-order valence-corrected chi connectivity index (χ0v) is 11.6. The monoisotopic (exact) mass is 243 g/mol. The third-order valence-electron chi connectivity index (χ3n) is 3.82. The Kier molecular flexibility index (Phi) is 2.84. The number of likely N-dealkylation sites (tertiary alicyclic amines) is 1. The van der Waals surface area contributed by atoms with Gasteiger partial charge in [-0.05, 0) is 33.3 Å². The number of carbonyl (C=O) groups excluding carboxylic acids is 1. The lowest BCUT2D eigenvalue weighted by molar-refractivity contribution is -0.178. The van der Waals surface area contributed by atoms with Gasteiger partial charge in [-0.15, -0.1) is 6.58 Å². The quantitative estimate of drug-likeness (QED) is 0.576. The lowest BCUT2D eigenvalue weighted by Gasteiger charge is -2.61. The molecule has 0 radical (unpaired) electrons. The van der Waals surface area contributed by atoms with Crippen molar-refractivity contribution in [1.29, 1.82) is 0 Å². The average Bonchev–Trinajstić information content (AvgIpc) is 2.28. The summed E-state index contributed by atoms with van der Waals surface area (Å²) in [6.07, 6.45) is 1.78. The molecule has 0 spiro atoms. The molecular weight excluding hydrogens is 222 g/mol. The van der Waals surface area contributed by atoms with Gasteiger partial charge in [0.15, 0.2) is 0 Å². The number of β-lactam (4-membered cyclic amide) rings is 1. The van der Waals surface area contributed by atoms with Crippen LogP contribution >= 0.6 is 0 Å². The van der Waals surface area contributed by atoms with Crippen molar-refractivity contribution in [2.75, 3.05) is 0 Å². The van der Waals surface area contributed by atoms with Crippen molar-refractivity contribution >= 4 is 5.91 Å². The van der Waals surface area contributed by atoms with Crippen molar-refractivity contribution in [3.63, 3.8) is 0 Å². The average molecular weight is 243 g/mol. The Morgan fingerprint density at radius 1 is 1.28 bits per heavy atom. The van der Waals surface area contributed by atoms with E-state index in [1.807, 2.05) is 23.1 Å². The molecule has 1 aromatic rings. The highest BCUT2D eigenvalue weighted by Crippen LogP contribution is 2.50. The first-order chi connectivity index (χ1) is 8.33. The second-order valence-corrected chi connectivity index (χ2v) is 6.07. The minimum absolute atomic E-state index is 0.126. The summed E-state index contributed by atoms with van der Waals surface area (Å²) in [5.41, 5.74) is 0.712. The fourth-order valence-corrected chi connectivity index (χ4v) is 3.12. The van der Waals surface area contributed by atoms with Gasteiger partial charge in [0.25, 0.3) is 0 Å². The van der Waals surface area contributed by atoms with Crippen LogP contribution in [0.4, 0.5) is 0 Å². The molecule has 2 atom stereocenters. The molecule has 0 aliphatic carbocycles. The summed E-state index contributed by atoms with van der Waals surface area (Å²) in [4.78, 5) is 14.3. The maximum atomic E-state index is 12.3. The first kappa shape index (κ1) is 12.9. The summed E-state index contributed by atoms with van der Waals surface area (Å²) in [5.74, 6) is 0.0444. The van der Waals surface area contributed by atoms with Gasteiger partial charge in [0, 0.05) is 5.54 Å². The molecule has 0 unspecified atom stereocenters. The molecule has 0 aromatic heterocycles. The SMILES string of the molecule is C=C[C@@H]1C(=O)N(C(C)(C)C)[C@]1(C)c1ccccc1. The highest BCUT2D eigenvalue weighted by Gasteiger charge is 2.59. The van der Waals surface area contributed by atoms with Gasteiger partial charge in [-0.2, -0.15) is 0 Å². The van der Waals surface area contributed by atoms with Crippen molar-refractivity contribution in [2.45, 2.75) is 38.8 Å². The smallest absolute Gasteiger partial charge is 0.233 e. The fourth-order valence-electron chi connectivity index (χ4n) is 3.12. The van der Waals surface area contributed by atoms with E-state index in [0.717, 1.165) is 0 Å². The maximum Gasteiger partial charge on any atom is 0.233 e. The molecule has 0 N–H and O–H groups in total. The van der Waals surface area contributed by atoms with Gasteiger partial charge in [-0.1, -0.05) is 36.4 Å². The maximum absolute atomic E-state index is 12.3. The van der Waals surface area contributed by atoms with E-state index in [4.69, 9.17) is 0 Å². The van der Waals surface area contributed by atoms with Crippen LogP contribution in [0.15, 0.2) is 43.0 Å². The zero-order chi connectivity index (χ0) is 13.6. The second-order valence-electron chi connectivity index (χ2n) is 6.07. The van der Waals surface area contributed by atoms with Crippen molar-refractivity contribution < 1.29 is 4.79 Å². The van der Waals surface area contributed by atoms with Crippen LogP contribution in [0.25, 0.3) is 0 Å². The third kappa shape index (κ3) is 1.59. The second kappa shape index (κ2) is 3.98. The van der Waals surface area contributed by atoms with Gasteiger partial charge in [0.05, 0.1) is 11.5 Å². The summed E-state index contributed by atoms with van der Waals surface area (Å²) in [6.45, 7) is 12.2. The first-order valence-corrected chi connectivity index (χ1v) is 6.35. The molecule has 2 heteroatoms. The van der Waals surface area contributed by atoms with E-state index in [0.29, 0.717) is 0 Å². The summed E-state index contributed by atoms with van der Waals surface area (Å²) in [6, 6.07) is 10.2. The Morgan fingerprint density at radius 3 is 2.28 bits per heavy atom. The van der Waals surface area contributed by atoms with Crippen molar-refractivity contribution in [1.82, 2.24) is 4.90 Å². The van der Waals surface area contributed by atoms with E-state index in [9.17, 15) is 4.79 Å². The summed E-state index contributed by atoms with van der Waals surface area (Å²) in [5, 5.41) is 0. The van der Waals surface area contributed by atoms with Gasteiger partial charge >= 0.3 is 0 Å². The molecule has 18 heavy (non-hydrogen) atoms. The molecule has 96 valence electrons. The molecule has 0 bridgehead atoms. The zero-order valence-electron chi connectivity index (χ0n) is 11.6. The van der Waals surface area contributed by atoms with Crippen LogP contribution < -0.4 is 0 Å². The number of rotatable bonds is 2. The Morgan fingerprint density at radius 2 is 1.83 bits per heavy atom. The Bertz CT molecular complexity index is 472. The van der Waals surface area contributed by atoms with Crippen LogP contribution in [0.5, 0.6) is 0 Å². The normalized spacial score (nSPS) is 27.9. The molecule has 2 nitrogen and oxygen atoms in total. The molecule has 1 aliphatic heterocycles. The molecule has 1 heterocycles. The molecule has 1 fully saturated rings. The number of amides is 1. The van der Waals surface area contributed by atoms with Crippen LogP contribution in [-0.2, 0) is 10.3 Å². The van der Waals surface area contributed by atoms with E-state index < -0.39 is 0 Å². The van der Waals surface area contributed by atoms with E-state index in [2.05, 4.69) is 46.4 Å². The van der Waals surface area contributed by atoms with Crippen LogP contribution in [0.3, 0.4) is 0 Å². The lowest BCUT2D eigenvalue weighted by atomic mass is 9.67. The molecule has 1 saturated heterocycles. The van der Waals surface area contributed by atoms with Crippen LogP contribution in [0, 0.1) is 5.92 Å². The topological polar surface area (TPSA) is 20.3 Å². The Labute approximate surface area is 109 Å². The molecule has 1 aromatic carbocycles. The van der Waals surface area contributed by atoms with Crippen LogP contribution in [0.2, 0.25) is 0 Å². The minimum atomic E-state index is -0.279. The van der Waals surface area contributed by atoms with Crippen LogP contribution in [0.1, 0.15) is 33.3 Å². The summed E-state index contributed by atoms with van der Waals surface area (Å²) in [7, 11) is 0. The number of hydrogen-bond acceptors (Lipinski definition) is 1. The highest BCUT2D eigenvalue weighted by molar-refractivity contribution is 5.90. The van der Waals surface area contributed by atoms with E-state index in [1.54, 1.807) is 6.08 Å². The molecule has 0 saturated carbocycles. The van der Waals surface area contributed by atoms with Crippen LogP contribution in [-0.4, -0.2) is 16.3 Å². The third-order valence-corrected chi connectivity index (χ3v) is 3.82. The predicted molar refractivity (Wildman–Crippen MR) is 74.1 cm³/mol. The van der Waals surface area contributed by atoms with Gasteiger partial charge in [0.1, 0.15) is 0 Å². The summed E-state index contributed by atoms with van der Waals surface area (Å²) < 4.78 is 0. The first-order valence-electron chi connectivity index (χ1n) is 6.35. The Hall–Kier alpha value is -1.57. The van der Waals surface area contributed by atoms with E-state index in [1.165, 1.54) is 5.56 Å². The van der Waals surface area contributed by atoms with Gasteiger partial charge in [0.2, 0.25) is 5.91 Å². The minimum Gasteiger partial charge on any atom is -0.327 e. The molecule has 1 amide bonds. The number of nitrogens with zero attached hydrogens (tertiary/aromatic N) is 1. The number of benzene rings is 1. The number of carbonyl (C=O) groups is 1. The van der Waals surface area contributed by atoms with Gasteiger partial charge < -0.3 is 4.90 Å². The van der Waals surface area contributed by atoms with Gasteiger partial charge in [-0.25, -0.2) is 0 Å².